The van der Waals surface area contributed by atoms with Crippen molar-refractivity contribution in [3.05, 3.63) is 81.3 Å². The molecule has 5 rings (SSSR count). The molecule has 7 heteroatoms. The molecular weight excluding hydrogens is 436 g/mol. The molecule has 0 spiro atoms. The molecule has 1 amide bonds. The highest BCUT2D eigenvalue weighted by Gasteiger charge is 2.32. The average molecular weight is 466 g/mol. The van der Waals surface area contributed by atoms with E-state index in [2.05, 4.69) is 10.6 Å². The third-order valence-electron chi connectivity index (χ3n) is 7.42. The fourth-order valence-corrected chi connectivity index (χ4v) is 5.37. The Labute approximate surface area is 197 Å². The summed E-state index contributed by atoms with van der Waals surface area (Å²) in [5.41, 5.74) is 1.11. The van der Waals surface area contributed by atoms with E-state index in [4.69, 9.17) is 0 Å². The highest BCUT2D eigenvalue weighted by molar-refractivity contribution is 6.08. The second-order valence-corrected chi connectivity index (χ2v) is 9.53. The van der Waals surface area contributed by atoms with Gasteiger partial charge in [0.1, 0.15) is 11.6 Å². The van der Waals surface area contributed by atoms with Crippen LogP contribution in [-0.2, 0) is 6.54 Å². The molecule has 178 valence electrons. The Kier molecular flexibility index (Phi) is 6.21. The zero-order valence-corrected chi connectivity index (χ0v) is 19.2. The number of fused-ring (bicyclic) bond motifs is 1. The van der Waals surface area contributed by atoms with Crippen LogP contribution in [0.15, 0.2) is 47.3 Å². The molecule has 1 saturated heterocycles. The number of pyridine rings is 1. The number of nitrogens with one attached hydrogen (secondary N) is 2. The summed E-state index contributed by atoms with van der Waals surface area (Å²) >= 11 is 0. The van der Waals surface area contributed by atoms with E-state index in [0.29, 0.717) is 23.2 Å². The second-order valence-electron chi connectivity index (χ2n) is 9.53. The van der Waals surface area contributed by atoms with Gasteiger partial charge in [-0.1, -0.05) is 30.7 Å². The summed E-state index contributed by atoms with van der Waals surface area (Å²) in [7, 11) is 0. The van der Waals surface area contributed by atoms with Gasteiger partial charge in [-0.2, -0.15) is 0 Å². The van der Waals surface area contributed by atoms with Crippen LogP contribution in [0.4, 0.5) is 8.78 Å². The fourth-order valence-electron chi connectivity index (χ4n) is 5.37. The van der Waals surface area contributed by atoms with Gasteiger partial charge in [-0.3, -0.25) is 9.59 Å². The van der Waals surface area contributed by atoms with Crippen molar-refractivity contribution >= 4 is 16.7 Å². The van der Waals surface area contributed by atoms with E-state index in [1.54, 1.807) is 19.1 Å². The number of rotatable bonds is 6. The van der Waals surface area contributed by atoms with Crippen LogP contribution < -0.4 is 16.2 Å². The summed E-state index contributed by atoms with van der Waals surface area (Å²) in [5, 5.41) is 6.72. The Morgan fingerprint density at radius 3 is 2.62 bits per heavy atom. The van der Waals surface area contributed by atoms with Crippen LogP contribution in [0.5, 0.6) is 0 Å². The number of halogens is 2. The van der Waals surface area contributed by atoms with Gasteiger partial charge in [-0.25, -0.2) is 8.78 Å². The lowest BCUT2D eigenvalue weighted by atomic mass is 9.77. The van der Waals surface area contributed by atoms with E-state index >= 15 is 0 Å². The van der Waals surface area contributed by atoms with Crippen molar-refractivity contribution in [2.75, 3.05) is 6.54 Å². The van der Waals surface area contributed by atoms with E-state index < -0.39 is 11.4 Å². The lowest BCUT2D eigenvalue weighted by Crippen LogP contribution is -2.39. The molecule has 1 saturated carbocycles. The van der Waals surface area contributed by atoms with Crippen LogP contribution >= 0.6 is 0 Å². The number of aromatic nitrogens is 1. The quantitative estimate of drug-likeness (QED) is 0.559. The molecular formula is C27H29F2N3O2. The molecule has 0 bridgehead atoms. The minimum absolute atomic E-state index is 0.0674. The van der Waals surface area contributed by atoms with Crippen molar-refractivity contribution in [3.8, 4) is 0 Å². The molecule has 1 unspecified atom stereocenters. The van der Waals surface area contributed by atoms with E-state index in [9.17, 15) is 18.4 Å². The molecule has 1 aliphatic heterocycles. The highest BCUT2D eigenvalue weighted by Crippen LogP contribution is 2.38. The third kappa shape index (κ3) is 4.13. The number of nitrogens with zero attached hydrogens (tertiary/aromatic N) is 1. The van der Waals surface area contributed by atoms with Gasteiger partial charge in [0.05, 0.1) is 17.0 Å². The van der Waals surface area contributed by atoms with Gasteiger partial charge < -0.3 is 15.2 Å². The Morgan fingerprint density at radius 1 is 1.15 bits per heavy atom. The van der Waals surface area contributed by atoms with Crippen molar-refractivity contribution in [2.24, 2.45) is 5.92 Å². The van der Waals surface area contributed by atoms with Gasteiger partial charge in [-0.05, 0) is 68.8 Å². The molecule has 3 aromatic rings. The van der Waals surface area contributed by atoms with Crippen LogP contribution in [0.2, 0.25) is 0 Å². The predicted molar refractivity (Wildman–Crippen MR) is 128 cm³/mol. The number of carbonyl (C=O) groups excluding carboxylic acids is 1. The predicted octanol–water partition coefficient (Wildman–Crippen LogP) is 4.61. The van der Waals surface area contributed by atoms with Crippen molar-refractivity contribution in [1.29, 1.82) is 0 Å². The zero-order valence-electron chi connectivity index (χ0n) is 19.2. The Bertz CT molecular complexity index is 1290. The maximum absolute atomic E-state index is 14.9. The fraction of sp³-hybridized carbons (Fsp3) is 0.407. The van der Waals surface area contributed by atoms with Crippen LogP contribution in [0.25, 0.3) is 10.8 Å². The van der Waals surface area contributed by atoms with Gasteiger partial charge in [-0.15, -0.1) is 0 Å². The largest absolute Gasteiger partial charge is 0.345 e. The molecule has 2 fully saturated rings. The molecule has 0 radical (unpaired) electrons. The van der Waals surface area contributed by atoms with Crippen LogP contribution in [-0.4, -0.2) is 23.1 Å². The van der Waals surface area contributed by atoms with Crippen LogP contribution in [0.3, 0.4) is 0 Å². The summed E-state index contributed by atoms with van der Waals surface area (Å²) in [6, 6.07) is 10.5. The summed E-state index contributed by atoms with van der Waals surface area (Å²) in [4.78, 5) is 27.0. The van der Waals surface area contributed by atoms with E-state index in [-0.39, 0.29) is 35.1 Å². The van der Waals surface area contributed by atoms with Crippen LogP contribution in [0.1, 0.15) is 59.8 Å². The summed E-state index contributed by atoms with van der Waals surface area (Å²) < 4.78 is 30.4. The normalized spacial score (nSPS) is 19.2. The van der Waals surface area contributed by atoms with Gasteiger partial charge in [0, 0.05) is 23.7 Å². The maximum Gasteiger partial charge on any atom is 0.261 e. The number of hydrogen-bond donors (Lipinski definition) is 2. The van der Waals surface area contributed by atoms with Crippen molar-refractivity contribution < 1.29 is 13.6 Å². The first kappa shape index (κ1) is 22.7. The van der Waals surface area contributed by atoms with Gasteiger partial charge in [0.25, 0.3) is 11.5 Å². The SMILES string of the molecule is Cc1c(C(=O)N[C@H](c2cccc(F)c2)C2CCC2)c2cccc(F)c2c(=O)n1CC1CCCN1. The van der Waals surface area contributed by atoms with Crippen molar-refractivity contribution in [1.82, 2.24) is 15.2 Å². The molecule has 2 N–H and O–H groups in total. The lowest BCUT2D eigenvalue weighted by molar-refractivity contribution is 0.0900. The average Bonchev–Trinajstić information content (AvgIpc) is 3.28. The first-order valence-electron chi connectivity index (χ1n) is 12.1. The summed E-state index contributed by atoms with van der Waals surface area (Å²) in [5.74, 6) is -1.15. The van der Waals surface area contributed by atoms with E-state index in [0.717, 1.165) is 44.2 Å². The van der Waals surface area contributed by atoms with Crippen LogP contribution in [0, 0.1) is 24.5 Å². The molecule has 2 aromatic carbocycles. The molecule has 2 atom stereocenters. The Morgan fingerprint density at radius 2 is 1.94 bits per heavy atom. The minimum Gasteiger partial charge on any atom is -0.345 e. The van der Waals surface area contributed by atoms with Gasteiger partial charge in [0.2, 0.25) is 0 Å². The molecule has 5 nitrogen and oxygen atoms in total. The standard InChI is InChI=1S/C27H29F2N3O2/c1-16-23(26(33)31-25(17-6-2-7-17)18-8-3-9-19(28)14-18)21-11-4-12-22(29)24(21)27(34)32(16)15-20-10-5-13-30-20/h3-4,8-9,11-12,14,17,20,25,30H,2,5-7,10,13,15H2,1H3,(H,31,33)/t20?,25-/m0/s1. The topological polar surface area (TPSA) is 63.1 Å². The smallest absolute Gasteiger partial charge is 0.261 e. The molecule has 2 heterocycles. The second kappa shape index (κ2) is 9.29. The number of amides is 1. The lowest BCUT2D eigenvalue weighted by Gasteiger charge is -2.35. The Balaban J connectivity index is 1.59. The minimum atomic E-state index is -0.634. The van der Waals surface area contributed by atoms with Gasteiger partial charge >= 0.3 is 0 Å². The monoisotopic (exact) mass is 465 g/mol. The maximum atomic E-state index is 14.9. The molecule has 1 aromatic heterocycles. The third-order valence-corrected chi connectivity index (χ3v) is 7.42. The number of hydrogen-bond acceptors (Lipinski definition) is 3. The molecule has 34 heavy (non-hydrogen) atoms. The number of carbonyl (C=O) groups is 1. The number of benzene rings is 2. The van der Waals surface area contributed by atoms with E-state index in [1.165, 1.54) is 28.8 Å². The van der Waals surface area contributed by atoms with Gasteiger partial charge in [0.15, 0.2) is 0 Å². The summed E-state index contributed by atoms with van der Waals surface area (Å²) in [6.07, 6.45) is 4.90. The highest BCUT2D eigenvalue weighted by atomic mass is 19.1. The first-order valence-corrected chi connectivity index (χ1v) is 12.1. The molecule has 2 aliphatic rings. The van der Waals surface area contributed by atoms with E-state index in [1.807, 2.05) is 6.07 Å². The molecule has 1 aliphatic carbocycles. The van der Waals surface area contributed by atoms with Crippen molar-refractivity contribution in [3.63, 3.8) is 0 Å². The zero-order chi connectivity index (χ0) is 23.8. The summed E-state index contributed by atoms with van der Waals surface area (Å²) in [6.45, 7) is 3.01. The first-order chi connectivity index (χ1) is 16.4. The van der Waals surface area contributed by atoms with Crippen molar-refractivity contribution in [2.45, 2.75) is 57.7 Å². The Hall–Kier alpha value is -3.06.